The molecule has 0 spiro atoms. The third kappa shape index (κ3) is 4.06. The molecule has 4 heteroatoms. The SMILES string of the molecule is OC1(CNCc2cnccn2)CCCCCC1. The van der Waals surface area contributed by atoms with E-state index < -0.39 is 5.60 Å². The predicted molar refractivity (Wildman–Crippen MR) is 66.4 cm³/mol. The first kappa shape index (κ1) is 12.5. The van der Waals surface area contributed by atoms with Crippen LogP contribution in [-0.4, -0.2) is 27.2 Å². The third-order valence-corrected chi connectivity index (χ3v) is 3.41. The van der Waals surface area contributed by atoms with Gasteiger partial charge in [-0.1, -0.05) is 25.7 Å². The molecule has 1 aliphatic carbocycles. The minimum absolute atomic E-state index is 0.515. The normalized spacial score (nSPS) is 19.8. The Bertz CT molecular complexity index is 321. The topological polar surface area (TPSA) is 58.0 Å². The molecule has 1 aliphatic rings. The van der Waals surface area contributed by atoms with Crippen molar-refractivity contribution >= 4 is 0 Å². The molecule has 4 nitrogen and oxygen atoms in total. The maximum absolute atomic E-state index is 10.4. The summed E-state index contributed by atoms with van der Waals surface area (Å²) in [6.07, 6.45) is 11.7. The molecule has 94 valence electrons. The van der Waals surface area contributed by atoms with Crippen molar-refractivity contribution in [3.05, 3.63) is 24.3 Å². The highest BCUT2D eigenvalue weighted by molar-refractivity contribution is 4.94. The van der Waals surface area contributed by atoms with E-state index in [0.717, 1.165) is 31.4 Å². The molecule has 0 bridgehead atoms. The number of aromatic nitrogens is 2. The highest BCUT2D eigenvalue weighted by atomic mass is 16.3. The Morgan fingerprint density at radius 3 is 2.59 bits per heavy atom. The first-order chi connectivity index (χ1) is 8.29. The Labute approximate surface area is 102 Å². The molecular formula is C13H21N3O. The van der Waals surface area contributed by atoms with Gasteiger partial charge in [0.25, 0.3) is 0 Å². The zero-order valence-electron chi connectivity index (χ0n) is 10.2. The van der Waals surface area contributed by atoms with Crippen LogP contribution in [0.4, 0.5) is 0 Å². The summed E-state index contributed by atoms with van der Waals surface area (Å²) in [7, 11) is 0. The van der Waals surface area contributed by atoms with Gasteiger partial charge in [-0.15, -0.1) is 0 Å². The Kier molecular flexibility index (Phi) is 4.45. The van der Waals surface area contributed by atoms with Crippen molar-refractivity contribution in [2.45, 2.75) is 50.7 Å². The van der Waals surface area contributed by atoms with E-state index in [1.54, 1.807) is 18.6 Å². The fraction of sp³-hybridized carbons (Fsp3) is 0.692. The van der Waals surface area contributed by atoms with Crippen LogP contribution in [0.5, 0.6) is 0 Å². The first-order valence-electron chi connectivity index (χ1n) is 6.47. The Morgan fingerprint density at radius 2 is 1.94 bits per heavy atom. The van der Waals surface area contributed by atoms with Crippen LogP contribution >= 0.6 is 0 Å². The van der Waals surface area contributed by atoms with E-state index in [0.29, 0.717) is 13.1 Å². The van der Waals surface area contributed by atoms with Crippen LogP contribution in [0.2, 0.25) is 0 Å². The smallest absolute Gasteiger partial charge is 0.0771 e. The number of hydrogen-bond donors (Lipinski definition) is 2. The van der Waals surface area contributed by atoms with Gasteiger partial charge in [-0.2, -0.15) is 0 Å². The van der Waals surface area contributed by atoms with E-state index in [1.807, 2.05) is 0 Å². The molecule has 2 rings (SSSR count). The van der Waals surface area contributed by atoms with Crippen LogP contribution < -0.4 is 5.32 Å². The number of hydrogen-bond acceptors (Lipinski definition) is 4. The molecule has 0 radical (unpaired) electrons. The van der Waals surface area contributed by atoms with E-state index in [9.17, 15) is 5.11 Å². The summed E-state index contributed by atoms with van der Waals surface area (Å²) in [5.41, 5.74) is 0.406. The van der Waals surface area contributed by atoms with Gasteiger partial charge in [0.05, 0.1) is 11.3 Å². The highest BCUT2D eigenvalue weighted by Crippen LogP contribution is 2.26. The fourth-order valence-electron chi connectivity index (χ4n) is 2.41. The van der Waals surface area contributed by atoms with Crippen LogP contribution in [0.3, 0.4) is 0 Å². The molecule has 17 heavy (non-hydrogen) atoms. The third-order valence-electron chi connectivity index (χ3n) is 3.41. The molecule has 0 atom stereocenters. The minimum Gasteiger partial charge on any atom is -0.389 e. The lowest BCUT2D eigenvalue weighted by molar-refractivity contribution is 0.0250. The molecule has 1 fully saturated rings. The number of nitrogens with one attached hydrogen (secondary N) is 1. The van der Waals surface area contributed by atoms with E-state index in [2.05, 4.69) is 15.3 Å². The van der Waals surface area contributed by atoms with Gasteiger partial charge in [-0.3, -0.25) is 9.97 Å². The largest absolute Gasteiger partial charge is 0.389 e. The maximum atomic E-state index is 10.4. The van der Waals surface area contributed by atoms with E-state index >= 15 is 0 Å². The van der Waals surface area contributed by atoms with Gasteiger partial charge in [-0.05, 0) is 12.8 Å². The van der Waals surface area contributed by atoms with Gasteiger partial charge in [0.1, 0.15) is 0 Å². The predicted octanol–water partition coefficient (Wildman–Crippen LogP) is 1.65. The van der Waals surface area contributed by atoms with Crippen LogP contribution in [0.25, 0.3) is 0 Å². The van der Waals surface area contributed by atoms with Gasteiger partial charge in [0, 0.05) is 31.7 Å². The van der Waals surface area contributed by atoms with E-state index in [1.165, 1.54) is 12.8 Å². The Balaban J connectivity index is 1.77. The average Bonchev–Trinajstić information content (AvgIpc) is 2.56. The Hall–Kier alpha value is -1.00. The Morgan fingerprint density at radius 1 is 1.18 bits per heavy atom. The van der Waals surface area contributed by atoms with Gasteiger partial charge < -0.3 is 10.4 Å². The highest BCUT2D eigenvalue weighted by Gasteiger charge is 2.27. The molecule has 1 aromatic rings. The lowest BCUT2D eigenvalue weighted by Gasteiger charge is -2.26. The molecule has 0 aliphatic heterocycles. The lowest BCUT2D eigenvalue weighted by Crippen LogP contribution is -2.40. The summed E-state index contributed by atoms with van der Waals surface area (Å²) in [4.78, 5) is 8.21. The van der Waals surface area contributed by atoms with E-state index in [4.69, 9.17) is 0 Å². The molecule has 2 N–H and O–H groups in total. The number of aliphatic hydroxyl groups is 1. The van der Waals surface area contributed by atoms with Crippen molar-refractivity contribution in [2.24, 2.45) is 0 Å². The van der Waals surface area contributed by atoms with Crippen LogP contribution in [0.15, 0.2) is 18.6 Å². The maximum Gasteiger partial charge on any atom is 0.0771 e. The summed E-state index contributed by atoms with van der Waals surface area (Å²) in [6, 6.07) is 0. The molecule has 0 saturated heterocycles. The molecule has 0 amide bonds. The van der Waals surface area contributed by atoms with Crippen molar-refractivity contribution in [1.29, 1.82) is 0 Å². The molecule has 1 heterocycles. The van der Waals surface area contributed by atoms with Crippen LogP contribution in [0, 0.1) is 0 Å². The van der Waals surface area contributed by atoms with Crippen molar-refractivity contribution in [2.75, 3.05) is 6.54 Å². The summed E-state index contributed by atoms with van der Waals surface area (Å²) in [5.74, 6) is 0. The monoisotopic (exact) mass is 235 g/mol. The van der Waals surface area contributed by atoms with Gasteiger partial charge >= 0.3 is 0 Å². The van der Waals surface area contributed by atoms with Crippen LogP contribution in [0.1, 0.15) is 44.2 Å². The molecule has 1 saturated carbocycles. The lowest BCUT2D eigenvalue weighted by atomic mass is 9.94. The summed E-state index contributed by atoms with van der Waals surface area (Å²) in [5, 5.41) is 13.7. The summed E-state index contributed by atoms with van der Waals surface area (Å²) >= 11 is 0. The quantitative estimate of drug-likeness (QED) is 0.779. The van der Waals surface area contributed by atoms with Crippen molar-refractivity contribution in [1.82, 2.24) is 15.3 Å². The molecule has 0 unspecified atom stereocenters. The van der Waals surface area contributed by atoms with Crippen molar-refractivity contribution < 1.29 is 5.11 Å². The minimum atomic E-state index is -0.515. The molecule has 0 aromatic carbocycles. The number of rotatable bonds is 4. The van der Waals surface area contributed by atoms with Crippen molar-refractivity contribution in [3.63, 3.8) is 0 Å². The van der Waals surface area contributed by atoms with Gasteiger partial charge in [0.2, 0.25) is 0 Å². The summed E-state index contributed by atoms with van der Waals surface area (Å²) in [6.45, 7) is 1.33. The first-order valence-corrected chi connectivity index (χ1v) is 6.47. The molecular weight excluding hydrogens is 214 g/mol. The number of nitrogens with zero attached hydrogens (tertiary/aromatic N) is 2. The molecule has 1 aromatic heterocycles. The standard InChI is InChI=1S/C13H21N3O/c17-13(5-3-1-2-4-6-13)11-15-10-12-9-14-7-8-16-12/h7-9,15,17H,1-6,10-11H2. The fourth-order valence-corrected chi connectivity index (χ4v) is 2.41. The second-order valence-electron chi connectivity index (χ2n) is 4.94. The second-order valence-corrected chi connectivity index (χ2v) is 4.94. The van der Waals surface area contributed by atoms with Crippen LogP contribution in [-0.2, 0) is 6.54 Å². The second kappa shape index (κ2) is 6.07. The average molecular weight is 235 g/mol. The van der Waals surface area contributed by atoms with Gasteiger partial charge in [0.15, 0.2) is 0 Å². The van der Waals surface area contributed by atoms with Crippen molar-refractivity contribution in [3.8, 4) is 0 Å². The zero-order valence-corrected chi connectivity index (χ0v) is 10.2. The summed E-state index contributed by atoms with van der Waals surface area (Å²) < 4.78 is 0. The zero-order chi connectivity index (χ0) is 12.0. The van der Waals surface area contributed by atoms with E-state index in [-0.39, 0.29) is 0 Å². The van der Waals surface area contributed by atoms with Gasteiger partial charge in [-0.25, -0.2) is 0 Å².